The van der Waals surface area contributed by atoms with Gasteiger partial charge in [0.15, 0.2) is 0 Å². The summed E-state index contributed by atoms with van der Waals surface area (Å²) >= 11 is 0. The lowest BCUT2D eigenvalue weighted by Crippen LogP contribution is -2.36. The highest BCUT2D eigenvalue weighted by Crippen LogP contribution is 2.20. The molecule has 1 unspecified atom stereocenters. The third kappa shape index (κ3) is 4.67. The Kier molecular flexibility index (Phi) is 6.15. The lowest BCUT2D eigenvalue weighted by molar-refractivity contribution is -0.114. The molecule has 1 saturated heterocycles. The molecule has 1 aliphatic rings. The number of aryl methyl sites for hydroxylation is 1. The number of rotatable bonds is 4. The molecule has 0 aromatic heterocycles. The maximum atomic E-state index is 12.3. The first kappa shape index (κ1) is 17.9. The van der Waals surface area contributed by atoms with E-state index in [1.54, 1.807) is 12.1 Å². The molecule has 8 heteroatoms. The van der Waals surface area contributed by atoms with Gasteiger partial charge >= 0.3 is 0 Å². The molecule has 6 nitrogen and oxygen atoms in total. The van der Waals surface area contributed by atoms with Crippen LogP contribution in [0.4, 0.5) is 5.69 Å². The lowest BCUT2D eigenvalue weighted by Gasteiger charge is -2.14. The van der Waals surface area contributed by atoms with Crippen LogP contribution in [-0.4, -0.2) is 33.5 Å². The fourth-order valence-electron chi connectivity index (χ4n) is 2.14. The third-order valence-electron chi connectivity index (χ3n) is 3.21. The fraction of sp³-hybridized carbons (Fsp3) is 0.462. The summed E-state index contributed by atoms with van der Waals surface area (Å²) in [5, 5.41) is 5.74. The van der Waals surface area contributed by atoms with E-state index in [9.17, 15) is 13.2 Å². The van der Waals surface area contributed by atoms with E-state index >= 15 is 0 Å². The Balaban J connectivity index is 0.00000220. The molecule has 3 N–H and O–H groups in total. The Bertz CT molecular complexity index is 613. The molecule has 1 amide bonds. The zero-order valence-corrected chi connectivity index (χ0v) is 13.6. The summed E-state index contributed by atoms with van der Waals surface area (Å²) in [5.41, 5.74) is 1.34. The minimum absolute atomic E-state index is 0. The zero-order chi connectivity index (χ0) is 14.8. The van der Waals surface area contributed by atoms with Crippen LogP contribution in [-0.2, 0) is 14.8 Å². The normalized spacial score (nSPS) is 18.1. The fourth-order valence-corrected chi connectivity index (χ4v) is 3.43. The summed E-state index contributed by atoms with van der Waals surface area (Å²) in [6.45, 7) is 4.67. The van der Waals surface area contributed by atoms with Crippen LogP contribution < -0.4 is 15.4 Å². The molecule has 2 rings (SSSR count). The van der Waals surface area contributed by atoms with E-state index in [-0.39, 0.29) is 29.3 Å². The van der Waals surface area contributed by atoms with Gasteiger partial charge in [0.2, 0.25) is 15.9 Å². The van der Waals surface area contributed by atoms with E-state index in [2.05, 4.69) is 15.4 Å². The number of anilines is 1. The number of benzene rings is 1. The summed E-state index contributed by atoms with van der Waals surface area (Å²) in [7, 11) is -3.56. The van der Waals surface area contributed by atoms with Crippen LogP contribution in [0, 0.1) is 6.92 Å². The molecule has 1 aromatic rings. The maximum Gasteiger partial charge on any atom is 0.240 e. The summed E-state index contributed by atoms with van der Waals surface area (Å²) in [4.78, 5) is 11.3. The van der Waals surface area contributed by atoms with Crippen molar-refractivity contribution < 1.29 is 13.2 Å². The van der Waals surface area contributed by atoms with E-state index in [0.717, 1.165) is 18.5 Å². The number of halogens is 1. The highest BCUT2D eigenvalue weighted by atomic mass is 35.5. The minimum atomic E-state index is -3.56. The first-order chi connectivity index (χ1) is 9.38. The summed E-state index contributed by atoms with van der Waals surface area (Å²) in [5.74, 6) is -0.226. The SMILES string of the molecule is CC(=O)Nc1cc(S(=O)(=O)NC2CCNC2)ccc1C.Cl. The molecule has 1 heterocycles. The second-order valence-electron chi connectivity index (χ2n) is 4.97. The smallest absolute Gasteiger partial charge is 0.240 e. The van der Waals surface area contributed by atoms with Crippen molar-refractivity contribution in [3.8, 4) is 0 Å². The minimum Gasteiger partial charge on any atom is -0.326 e. The number of hydrogen-bond acceptors (Lipinski definition) is 4. The predicted octanol–water partition coefficient (Wildman–Crippen LogP) is 1.02. The molecule has 0 aliphatic carbocycles. The third-order valence-corrected chi connectivity index (χ3v) is 4.73. The monoisotopic (exact) mass is 333 g/mol. The van der Waals surface area contributed by atoms with Crippen LogP contribution in [0.25, 0.3) is 0 Å². The van der Waals surface area contributed by atoms with Gasteiger partial charge in [-0.1, -0.05) is 6.07 Å². The Morgan fingerprint density at radius 3 is 2.67 bits per heavy atom. The molecule has 0 bridgehead atoms. The Morgan fingerprint density at radius 2 is 2.10 bits per heavy atom. The van der Waals surface area contributed by atoms with Gasteiger partial charge in [-0.3, -0.25) is 4.79 Å². The lowest BCUT2D eigenvalue weighted by atomic mass is 10.2. The molecule has 21 heavy (non-hydrogen) atoms. The standard InChI is InChI=1S/C13H19N3O3S.ClH/c1-9-3-4-12(7-13(9)15-10(2)17)20(18,19)16-11-5-6-14-8-11;/h3-4,7,11,14,16H,5-6,8H2,1-2H3,(H,15,17);1H. The molecule has 0 spiro atoms. The maximum absolute atomic E-state index is 12.3. The van der Waals surface area contributed by atoms with Crippen molar-refractivity contribution in [2.75, 3.05) is 18.4 Å². The number of carbonyl (C=O) groups excluding carboxylic acids is 1. The number of hydrogen-bond donors (Lipinski definition) is 3. The molecular weight excluding hydrogens is 314 g/mol. The average molecular weight is 334 g/mol. The quantitative estimate of drug-likeness (QED) is 0.767. The van der Waals surface area contributed by atoms with Gasteiger partial charge in [-0.25, -0.2) is 13.1 Å². The van der Waals surface area contributed by atoms with Crippen LogP contribution in [0.5, 0.6) is 0 Å². The van der Waals surface area contributed by atoms with Gasteiger partial charge in [0.25, 0.3) is 0 Å². The van der Waals surface area contributed by atoms with Gasteiger partial charge in [-0.15, -0.1) is 12.4 Å². The van der Waals surface area contributed by atoms with Crippen molar-refractivity contribution in [1.82, 2.24) is 10.0 Å². The first-order valence-corrected chi connectivity index (χ1v) is 7.98. The number of carbonyl (C=O) groups is 1. The predicted molar refractivity (Wildman–Crippen MR) is 84.3 cm³/mol. The van der Waals surface area contributed by atoms with Gasteiger partial charge in [-0.2, -0.15) is 0 Å². The summed E-state index contributed by atoms with van der Waals surface area (Å²) in [6, 6.07) is 4.64. The second kappa shape index (κ2) is 7.22. The van der Waals surface area contributed by atoms with Crippen LogP contribution in [0.15, 0.2) is 23.1 Å². The Morgan fingerprint density at radius 1 is 1.38 bits per heavy atom. The topological polar surface area (TPSA) is 87.3 Å². The van der Waals surface area contributed by atoms with Crippen molar-refractivity contribution in [1.29, 1.82) is 0 Å². The molecule has 1 atom stereocenters. The Labute approximate surface area is 131 Å². The molecule has 1 fully saturated rings. The summed E-state index contributed by atoms with van der Waals surface area (Å²) < 4.78 is 27.2. The highest BCUT2D eigenvalue weighted by molar-refractivity contribution is 7.89. The molecule has 0 radical (unpaired) electrons. The van der Waals surface area contributed by atoms with Crippen molar-refractivity contribution in [3.63, 3.8) is 0 Å². The van der Waals surface area contributed by atoms with Crippen molar-refractivity contribution in [2.24, 2.45) is 0 Å². The van der Waals surface area contributed by atoms with Gasteiger partial charge in [0, 0.05) is 25.2 Å². The molecular formula is C13H20ClN3O3S. The summed E-state index contributed by atoms with van der Waals surface area (Å²) in [6.07, 6.45) is 0.781. The van der Waals surface area contributed by atoms with E-state index in [1.807, 2.05) is 6.92 Å². The van der Waals surface area contributed by atoms with E-state index in [4.69, 9.17) is 0 Å². The highest BCUT2D eigenvalue weighted by Gasteiger charge is 2.23. The van der Waals surface area contributed by atoms with E-state index < -0.39 is 10.0 Å². The van der Waals surface area contributed by atoms with Crippen LogP contribution in [0.1, 0.15) is 18.9 Å². The van der Waals surface area contributed by atoms with E-state index in [0.29, 0.717) is 12.2 Å². The average Bonchev–Trinajstić information content (AvgIpc) is 2.83. The molecule has 0 saturated carbocycles. The van der Waals surface area contributed by atoms with Crippen LogP contribution >= 0.6 is 12.4 Å². The van der Waals surface area contributed by atoms with Gasteiger partial charge in [0.05, 0.1) is 4.90 Å². The number of nitrogens with one attached hydrogen (secondary N) is 3. The zero-order valence-electron chi connectivity index (χ0n) is 12.0. The molecule has 1 aromatic carbocycles. The molecule has 118 valence electrons. The first-order valence-electron chi connectivity index (χ1n) is 6.50. The van der Waals surface area contributed by atoms with Crippen molar-refractivity contribution >= 4 is 34.0 Å². The molecule has 1 aliphatic heterocycles. The van der Waals surface area contributed by atoms with Gasteiger partial charge in [0.1, 0.15) is 0 Å². The number of sulfonamides is 1. The van der Waals surface area contributed by atoms with Gasteiger partial charge < -0.3 is 10.6 Å². The van der Waals surface area contributed by atoms with Gasteiger partial charge in [-0.05, 0) is 37.6 Å². The van der Waals surface area contributed by atoms with Crippen LogP contribution in [0.2, 0.25) is 0 Å². The van der Waals surface area contributed by atoms with Crippen LogP contribution in [0.3, 0.4) is 0 Å². The Hall–Kier alpha value is -1.15. The van der Waals surface area contributed by atoms with Crippen molar-refractivity contribution in [3.05, 3.63) is 23.8 Å². The second-order valence-corrected chi connectivity index (χ2v) is 6.68. The number of amides is 1. The van der Waals surface area contributed by atoms with E-state index in [1.165, 1.54) is 13.0 Å². The largest absolute Gasteiger partial charge is 0.326 e. The van der Waals surface area contributed by atoms with Crippen molar-refractivity contribution in [2.45, 2.75) is 31.2 Å².